The Morgan fingerprint density at radius 3 is 2.50 bits per heavy atom. The first-order valence-electron chi connectivity index (χ1n) is 8.14. The number of carbonyl (C=O) groups is 2. The predicted molar refractivity (Wildman–Crippen MR) is 97.5 cm³/mol. The van der Waals surface area contributed by atoms with E-state index in [9.17, 15) is 22.8 Å². The molecule has 0 radical (unpaired) electrons. The highest BCUT2D eigenvalue weighted by molar-refractivity contribution is 6.31. The number of aliphatic imine (C=N–C) groups is 1. The standard InChI is InChI=1S/C19H14ClF3N2O3/c1-11(26)28-17-18(27)25(10-19(21,22)23)15-9-13(20)7-8-14(15)16(24-17)12-5-3-2-4-6-12/h2-9,17H,10H2,1H3. The Morgan fingerprint density at radius 1 is 1.21 bits per heavy atom. The minimum absolute atomic E-state index is 0.0629. The number of benzene rings is 2. The normalized spacial score (nSPS) is 16.9. The summed E-state index contributed by atoms with van der Waals surface area (Å²) in [6.07, 6.45) is -6.44. The summed E-state index contributed by atoms with van der Waals surface area (Å²) < 4.78 is 44.5. The topological polar surface area (TPSA) is 59.0 Å². The van der Waals surface area contributed by atoms with Gasteiger partial charge in [0.05, 0.1) is 11.4 Å². The van der Waals surface area contributed by atoms with Gasteiger partial charge in [0.15, 0.2) is 0 Å². The van der Waals surface area contributed by atoms with Gasteiger partial charge in [0.2, 0.25) is 0 Å². The molecule has 0 bridgehead atoms. The second-order valence-electron chi connectivity index (χ2n) is 6.01. The number of ether oxygens (including phenoxy) is 1. The van der Waals surface area contributed by atoms with E-state index in [0.29, 0.717) is 10.5 Å². The van der Waals surface area contributed by atoms with Crippen molar-refractivity contribution in [1.82, 2.24) is 0 Å². The number of hydrogen-bond donors (Lipinski definition) is 0. The number of esters is 1. The van der Waals surface area contributed by atoms with Crippen LogP contribution in [0.15, 0.2) is 53.5 Å². The summed E-state index contributed by atoms with van der Waals surface area (Å²) in [6, 6.07) is 12.8. The predicted octanol–water partition coefficient (Wildman–Crippen LogP) is 3.98. The lowest BCUT2D eigenvalue weighted by Gasteiger charge is -2.26. The molecule has 1 unspecified atom stereocenters. The number of carbonyl (C=O) groups excluding carboxylic acids is 2. The van der Waals surface area contributed by atoms with Crippen LogP contribution in [0.25, 0.3) is 0 Å². The summed E-state index contributed by atoms with van der Waals surface area (Å²) in [6.45, 7) is -0.525. The highest BCUT2D eigenvalue weighted by atomic mass is 35.5. The van der Waals surface area contributed by atoms with Crippen molar-refractivity contribution in [2.24, 2.45) is 4.99 Å². The van der Waals surface area contributed by atoms with Crippen molar-refractivity contribution in [3.05, 3.63) is 64.7 Å². The zero-order valence-corrected chi connectivity index (χ0v) is 15.3. The number of fused-ring (bicyclic) bond motifs is 1. The lowest BCUT2D eigenvalue weighted by Crippen LogP contribution is -2.44. The largest absolute Gasteiger partial charge is 0.430 e. The summed E-state index contributed by atoms with van der Waals surface area (Å²) >= 11 is 5.98. The van der Waals surface area contributed by atoms with Gasteiger partial charge >= 0.3 is 12.1 Å². The summed E-state index contributed by atoms with van der Waals surface area (Å²) in [4.78, 5) is 28.9. The molecule has 3 rings (SSSR count). The van der Waals surface area contributed by atoms with Gasteiger partial charge in [-0.3, -0.25) is 14.5 Å². The first-order valence-corrected chi connectivity index (χ1v) is 8.52. The number of anilines is 1. The third-order valence-corrected chi connectivity index (χ3v) is 4.13. The van der Waals surface area contributed by atoms with Gasteiger partial charge in [-0.05, 0) is 18.2 Å². The van der Waals surface area contributed by atoms with Gasteiger partial charge in [0, 0.05) is 23.1 Å². The smallest absolute Gasteiger partial charge is 0.406 e. The van der Waals surface area contributed by atoms with E-state index < -0.39 is 30.8 Å². The van der Waals surface area contributed by atoms with Crippen LogP contribution in [0.1, 0.15) is 18.1 Å². The van der Waals surface area contributed by atoms with E-state index in [1.54, 1.807) is 30.3 Å². The molecule has 0 fully saturated rings. The van der Waals surface area contributed by atoms with E-state index in [4.69, 9.17) is 16.3 Å². The van der Waals surface area contributed by atoms with Crippen molar-refractivity contribution >= 4 is 34.9 Å². The maximum atomic E-state index is 13.2. The Hall–Kier alpha value is -2.87. The summed E-state index contributed by atoms with van der Waals surface area (Å²) in [7, 11) is 0. The third kappa shape index (κ3) is 4.33. The molecule has 0 aromatic heterocycles. The Morgan fingerprint density at radius 2 is 1.89 bits per heavy atom. The van der Waals surface area contributed by atoms with Crippen LogP contribution in [0.2, 0.25) is 5.02 Å². The first-order chi connectivity index (χ1) is 13.2. The number of amides is 1. The zero-order valence-electron chi connectivity index (χ0n) is 14.5. The van der Waals surface area contributed by atoms with Crippen molar-refractivity contribution in [1.29, 1.82) is 0 Å². The fraction of sp³-hybridized carbons (Fsp3) is 0.211. The SMILES string of the molecule is CC(=O)OC1N=C(c2ccccc2)c2ccc(Cl)cc2N(CC(F)(F)F)C1=O. The van der Waals surface area contributed by atoms with Crippen LogP contribution >= 0.6 is 11.6 Å². The Labute approximate surface area is 163 Å². The van der Waals surface area contributed by atoms with E-state index in [2.05, 4.69) is 4.99 Å². The van der Waals surface area contributed by atoms with Crippen LogP contribution in [0.4, 0.5) is 18.9 Å². The number of halogens is 4. The molecule has 28 heavy (non-hydrogen) atoms. The van der Waals surface area contributed by atoms with Crippen LogP contribution < -0.4 is 4.90 Å². The summed E-state index contributed by atoms with van der Waals surface area (Å²) in [5.41, 5.74) is 0.969. The van der Waals surface area contributed by atoms with E-state index >= 15 is 0 Å². The maximum Gasteiger partial charge on any atom is 0.406 e. The molecule has 1 aliphatic heterocycles. The van der Waals surface area contributed by atoms with Crippen molar-refractivity contribution in [3.8, 4) is 0 Å². The van der Waals surface area contributed by atoms with Gasteiger partial charge in [0.25, 0.3) is 12.1 Å². The second kappa shape index (κ2) is 7.63. The number of alkyl halides is 3. The molecule has 0 spiro atoms. The number of hydrogen-bond acceptors (Lipinski definition) is 4. The maximum absolute atomic E-state index is 13.2. The first kappa shape index (κ1) is 19.9. The molecule has 0 aliphatic carbocycles. The number of rotatable bonds is 3. The molecule has 2 aromatic rings. The van der Waals surface area contributed by atoms with E-state index in [1.165, 1.54) is 18.2 Å². The van der Waals surface area contributed by atoms with Crippen LogP contribution in [0.5, 0.6) is 0 Å². The molecule has 146 valence electrons. The Balaban J connectivity index is 2.24. The van der Waals surface area contributed by atoms with E-state index in [1.807, 2.05) is 0 Å². The molecule has 0 N–H and O–H groups in total. The Bertz CT molecular complexity index is 945. The molecule has 1 amide bonds. The molecule has 1 heterocycles. The van der Waals surface area contributed by atoms with Gasteiger partial charge in [0.1, 0.15) is 6.54 Å². The monoisotopic (exact) mass is 410 g/mol. The van der Waals surface area contributed by atoms with Crippen molar-refractivity contribution in [2.75, 3.05) is 11.4 Å². The minimum atomic E-state index is -4.69. The lowest BCUT2D eigenvalue weighted by atomic mass is 10.0. The molecule has 5 nitrogen and oxygen atoms in total. The van der Waals surface area contributed by atoms with Crippen LogP contribution in [0, 0.1) is 0 Å². The van der Waals surface area contributed by atoms with Crippen LogP contribution in [-0.4, -0.2) is 36.5 Å². The van der Waals surface area contributed by atoms with Gasteiger partial charge in [-0.1, -0.05) is 41.9 Å². The summed E-state index contributed by atoms with van der Waals surface area (Å²) in [5, 5.41) is 0.150. The number of nitrogens with zero attached hydrogens (tertiary/aromatic N) is 2. The fourth-order valence-corrected chi connectivity index (χ4v) is 2.99. The van der Waals surface area contributed by atoms with E-state index in [0.717, 1.165) is 6.92 Å². The zero-order chi connectivity index (χ0) is 20.5. The van der Waals surface area contributed by atoms with Crippen LogP contribution in [-0.2, 0) is 14.3 Å². The van der Waals surface area contributed by atoms with E-state index in [-0.39, 0.29) is 22.0 Å². The molecule has 1 atom stereocenters. The van der Waals surface area contributed by atoms with Crippen LogP contribution in [0.3, 0.4) is 0 Å². The van der Waals surface area contributed by atoms with Gasteiger partial charge in [-0.25, -0.2) is 4.99 Å². The average molecular weight is 411 g/mol. The van der Waals surface area contributed by atoms with Crippen molar-refractivity contribution in [2.45, 2.75) is 19.3 Å². The molecule has 1 aliphatic rings. The quantitative estimate of drug-likeness (QED) is 0.719. The molecular formula is C19H14ClF3N2O3. The summed E-state index contributed by atoms with van der Waals surface area (Å²) in [5.74, 6) is -1.95. The van der Waals surface area contributed by atoms with Gasteiger partial charge in [-0.2, -0.15) is 13.2 Å². The minimum Gasteiger partial charge on any atom is -0.430 e. The molecule has 0 saturated carbocycles. The average Bonchev–Trinajstić information content (AvgIpc) is 2.71. The van der Waals surface area contributed by atoms with Crippen molar-refractivity contribution in [3.63, 3.8) is 0 Å². The van der Waals surface area contributed by atoms with Crippen molar-refractivity contribution < 1.29 is 27.5 Å². The molecule has 9 heteroatoms. The highest BCUT2D eigenvalue weighted by Gasteiger charge is 2.40. The lowest BCUT2D eigenvalue weighted by molar-refractivity contribution is -0.154. The number of benzodiazepines with no additional fused rings is 1. The Kier molecular flexibility index (Phi) is 5.42. The molecular weight excluding hydrogens is 397 g/mol. The fourth-order valence-electron chi connectivity index (χ4n) is 2.82. The highest BCUT2D eigenvalue weighted by Crippen LogP contribution is 2.33. The third-order valence-electron chi connectivity index (χ3n) is 3.89. The molecule has 2 aromatic carbocycles. The van der Waals surface area contributed by atoms with Gasteiger partial charge < -0.3 is 4.74 Å². The molecule has 0 saturated heterocycles. The second-order valence-corrected chi connectivity index (χ2v) is 6.44. The van der Waals surface area contributed by atoms with Gasteiger partial charge in [-0.15, -0.1) is 0 Å².